The molecule has 0 aliphatic carbocycles. The summed E-state index contributed by atoms with van der Waals surface area (Å²) in [6, 6.07) is 24.0. The second kappa shape index (κ2) is 13.0. The first-order valence-electron chi connectivity index (χ1n) is 13.5. The summed E-state index contributed by atoms with van der Waals surface area (Å²) in [7, 11) is 0. The van der Waals surface area contributed by atoms with Gasteiger partial charge in [-0.05, 0) is 67.6 Å². The Hall–Kier alpha value is -4.14. The Bertz CT molecular complexity index is 1620. The number of para-hydroxylation sites is 1. The van der Waals surface area contributed by atoms with Crippen LogP contribution in [-0.4, -0.2) is 29.9 Å². The molecule has 1 aliphatic rings. The van der Waals surface area contributed by atoms with Gasteiger partial charge in [0.25, 0.3) is 5.91 Å². The van der Waals surface area contributed by atoms with Gasteiger partial charge in [0.05, 0.1) is 17.5 Å². The molecule has 0 bridgehead atoms. The van der Waals surface area contributed by atoms with Gasteiger partial charge in [0.15, 0.2) is 0 Å². The monoisotopic (exact) mass is 579 g/mol. The Morgan fingerprint density at radius 1 is 1.07 bits per heavy atom. The maximum Gasteiger partial charge on any atom is 0.254 e. The zero-order chi connectivity index (χ0) is 28.8. The predicted molar refractivity (Wildman–Crippen MR) is 176 cm³/mol. The number of allylic oxidation sites excluding steroid dienone is 1. The van der Waals surface area contributed by atoms with Crippen molar-refractivity contribution < 1.29 is 4.79 Å². The first kappa shape index (κ1) is 28.4. The summed E-state index contributed by atoms with van der Waals surface area (Å²) in [5.74, 6) is 0.192. The van der Waals surface area contributed by atoms with Crippen molar-refractivity contribution in [2.24, 2.45) is 4.99 Å². The van der Waals surface area contributed by atoms with Gasteiger partial charge < -0.3 is 16.0 Å². The number of nitrogens with one attached hydrogen (secondary N) is 3. The normalized spacial score (nSPS) is 15.0. The number of thioether (sulfide) groups is 1. The first-order valence-corrected chi connectivity index (χ1v) is 15.3. The van der Waals surface area contributed by atoms with E-state index in [1.165, 1.54) is 5.56 Å². The van der Waals surface area contributed by atoms with Crippen LogP contribution in [0.2, 0.25) is 0 Å². The Morgan fingerprint density at radius 3 is 2.63 bits per heavy atom. The molecule has 1 unspecified atom stereocenters. The highest BCUT2D eigenvalue weighted by Gasteiger charge is 2.35. The number of hydrogen-bond donors (Lipinski definition) is 3. The number of aromatic nitrogens is 1. The number of thiophene rings is 1. The Labute approximate surface area is 249 Å². The lowest BCUT2D eigenvalue weighted by Crippen LogP contribution is -2.31. The topological polar surface area (TPSA) is 78.4 Å². The van der Waals surface area contributed by atoms with Crippen molar-refractivity contribution >= 4 is 57.3 Å². The molecule has 0 spiro atoms. The van der Waals surface area contributed by atoms with E-state index >= 15 is 0 Å². The number of aryl methyl sites for hydroxylation is 1. The van der Waals surface area contributed by atoms with Crippen LogP contribution in [0.15, 0.2) is 118 Å². The molecule has 0 saturated carbocycles. The van der Waals surface area contributed by atoms with Crippen molar-refractivity contribution in [3.05, 3.63) is 124 Å². The molecule has 208 valence electrons. The van der Waals surface area contributed by atoms with Crippen molar-refractivity contribution in [1.29, 1.82) is 0 Å². The van der Waals surface area contributed by atoms with Gasteiger partial charge in [-0.2, -0.15) is 0 Å². The second-order valence-electron chi connectivity index (χ2n) is 9.77. The fourth-order valence-electron chi connectivity index (χ4n) is 4.89. The van der Waals surface area contributed by atoms with E-state index in [4.69, 9.17) is 0 Å². The number of aliphatic imine (C=N–C) groups is 1. The number of dihydropyridines is 1. The van der Waals surface area contributed by atoms with Crippen LogP contribution in [0.4, 0.5) is 11.4 Å². The van der Waals surface area contributed by atoms with Crippen molar-refractivity contribution in [2.75, 3.05) is 22.9 Å². The summed E-state index contributed by atoms with van der Waals surface area (Å²) >= 11 is 3.26. The summed E-state index contributed by atoms with van der Waals surface area (Å²) < 4.78 is 0. The molecule has 8 heteroatoms. The minimum absolute atomic E-state index is 0.149. The number of amides is 1. The molecule has 0 saturated heterocycles. The third-order valence-electron chi connectivity index (χ3n) is 6.84. The average Bonchev–Trinajstić information content (AvgIpc) is 3.41. The predicted octanol–water partition coefficient (Wildman–Crippen LogP) is 7.73. The third kappa shape index (κ3) is 6.61. The van der Waals surface area contributed by atoms with Gasteiger partial charge in [-0.3, -0.25) is 9.79 Å². The molecule has 2 aromatic heterocycles. The molecule has 4 aromatic rings. The van der Waals surface area contributed by atoms with Crippen molar-refractivity contribution in [2.45, 2.75) is 26.2 Å². The van der Waals surface area contributed by atoms with E-state index in [1.54, 1.807) is 29.3 Å². The standard InChI is InChI=1S/C33H33N5OS2/c1-5-23-11-9-15-26(17-23)36-21(2)20-40-33-27(19-34-4)30(28-18-24-12-10-16-35-32(24)41-28)29(22(3)37-33)31(39)38-25-13-7-6-8-14-25/h6-18,30,36-37H,2,4-5,19-20H2,1,3H3,(H,38,39). The summed E-state index contributed by atoms with van der Waals surface area (Å²) in [5.41, 5.74) is 6.41. The Balaban J connectivity index is 1.48. The molecule has 41 heavy (non-hydrogen) atoms. The number of pyridine rings is 1. The zero-order valence-corrected chi connectivity index (χ0v) is 24.9. The molecule has 1 atom stereocenters. The zero-order valence-electron chi connectivity index (χ0n) is 23.2. The Morgan fingerprint density at radius 2 is 1.88 bits per heavy atom. The van der Waals surface area contributed by atoms with Crippen LogP contribution in [0.5, 0.6) is 0 Å². The van der Waals surface area contributed by atoms with Crippen molar-refractivity contribution in [3.63, 3.8) is 0 Å². The van der Waals surface area contributed by atoms with E-state index in [-0.39, 0.29) is 11.8 Å². The molecule has 0 fully saturated rings. The van der Waals surface area contributed by atoms with Gasteiger partial charge in [-0.25, -0.2) is 4.98 Å². The highest BCUT2D eigenvalue weighted by atomic mass is 32.2. The summed E-state index contributed by atoms with van der Waals surface area (Å²) in [4.78, 5) is 24.7. The van der Waals surface area contributed by atoms with E-state index < -0.39 is 0 Å². The van der Waals surface area contributed by atoms with E-state index in [9.17, 15) is 4.79 Å². The molecule has 1 aliphatic heterocycles. The van der Waals surface area contributed by atoms with Crippen LogP contribution in [0.25, 0.3) is 10.2 Å². The smallest absolute Gasteiger partial charge is 0.254 e. The van der Waals surface area contributed by atoms with Gasteiger partial charge in [-0.1, -0.05) is 49.9 Å². The molecule has 2 aromatic carbocycles. The number of nitrogens with zero attached hydrogens (tertiary/aromatic N) is 2. The Kier molecular flexibility index (Phi) is 9.01. The number of carbonyl (C=O) groups is 1. The second-order valence-corrected chi connectivity index (χ2v) is 11.8. The molecule has 3 N–H and O–H groups in total. The molecular weight excluding hydrogens is 547 g/mol. The number of hydrogen-bond acceptors (Lipinski definition) is 7. The van der Waals surface area contributed by atoms with Crippen LogP contribution < -0.4 is 16.0 Å². The fraction of sp³-hybridized carbons (Fsp3) is 0.182. The average molecular weight is 580 g/mol. The maximum absolute atomic E-state index is 13.8. The SMILES string of the molecule is C=NCC1=C(SCC(=C)Nc2cccc(CC)c2)NC(C)=C(C(=O)Nc2ccccc2)C1c1cc2cccnc2s1. The minimum Gasteiger partial charge on any atom is -0.359 e. The van der Waals surface area contributed by atoms with Gasteiger partial charge in [0.2, 0.25) is 0 Å². The largest absolute Gasteiger partial charge is 0.359 e. The van der Waals surface area contributed by atoms with Crippen LogP contribution in [-0.2, 0) is 11.2 Å². The third-order valence-corrected chi connectivity index (χ3v) is 9.11. The molecular formula is C33H33N5OS2. The van der Waals surface area contributed by atoms with Crippen LogP contribution in [0, 0.1) is 0 Å². The van der Waals surface area contributed by atoms with Crippen LogP contribution >= 0.6 is 23.1 Å². The van der Waals surface area contributed by atoms with Crippen LogP contribution in [0.3, 0.4) is 0 Å². The highest BCUT2D eigenvalue weighted by molar-refractivity contribution is 8.03. The van der Waals surface area contributed by atoms with E-state index in [0.29, 0.717) is 17.9 Å². The van der Waals surface area contributed by atoms with Crippen LogP contribution in [0.1, 0.15) is 30.2 Å². The number of rotatable bonds is 11. The first-order chi connectivity index (χ1) is 20.0. The number of carbonyl (C=O) groups excluding carboxylic acids is 1. The maximum atomic E-state index is 13.8. The number of fused-ring (bicyclic) bond motifs is 1. The molecule has 5 rings (SSSR count). The molecule has 3 heterocycles. The van der Waals surface area contributed by atoms with Gasteiger partial charge in [-0.15, -0.1) is 23.1 Å². The lowest BCUT2D eigenvalue weighted by molar-refractivity contribution is -0.113. The summed E-state index contributed by atoms with van der Waals surface area (Å²) in [5, 5.41) is 12.1. The van der Waals surface area contributed by atoms with E-state index in [1.807, 2.05) is 43.3 Å². The van der Waals surface area contributed by atoms with E-state index in [0.717, 1.165) is 54.9 Å². The highest BCUT2D eigenvalue weighted by Crippen LogP contribution is 2.45. The van der Waals surface area contributed by atoms with Crippen molar-refractivity contribution in [1.82, 2.24) is 10.3 Å². The lowest BCUT2D eigenvalue weighted by atomic mass is 9.85. The molecule has 1 amide bonds. The van der Waals surface area contributed by atoms with Gasteiger partial charge in [0.1, 0.15) is 4.83 Å². The summed E-state index contributed by atoms with van der Waals surface area (Å²) in [6.45, 7) is 12.6. The summed E-state index contributed by atoms with van der Waals surface area (Å²) in [6.07, 6.45) is 2.78. The quantitative estimate of drug-likeness (QED) is 0.159. The fourth-order valence-corrected chi connectivity index (χ4v) is 7.02. The van der Waals surface area contributed by atoms with Crippen molar-refractivity contribution in [3.8, 4) is 0 Å². The van der Waals surface area contributed by atoms with Gasteiger partial charge >= 0.3 is 0 Å². The molecule has 0 radical (unpaired) electrons. The molecule has 6 nitrogen and oxygen atoms in total. The minimum atomic E-state index is -0.297. The van der Waals surface area contributed by atoms with Gasteiger partial charge in [0, 0.05) is 50.6 Å². The number of benzene rings is 2. The number of anilines is 2. The van der Waals surface area contributed by atoms with E-state index in [2.05, 4.69) is 82.5 Å². The lowest BCUT2D eigenvalue weighted by Gasteiger charge is -2.31.